The summed E-state index contributed by atoms with van der Waals surface area (Å²) in [5, 5.41) is 2.05. The predicted molar refractivity (Wildman–Crippen MR) is 69.7 cm³/mol. The van der Waals surface area contributed by atoms with Crippen molar-refractivity contribution >= 4 is 11.8 Å². The third kappa shape index (κ3) is 4.43. The minimum atomic E-state index is 0.932. The third-order valence-corrected chi connectivity index (χ3v) is 3.29. The molecule has 2 N–H and O–H groups in total. The molecule has 0 fully saturated rings. The molecule has 0 aliphatic carbocycles. The predicted octanol–water partition coefficient (Wildman–Crippen LogP) is 3.69. The molecule has 0 atom stereocenters. The molecule has 1 aromatic carbocycles. The number of thioether (sulfide) groups is 1. The highest BCUT2D eigenvalue weighted by Gasteiger charge is 1.93. The first-order chi connectivity index (χ1) is 7.26. The number of hydrogen-bond donors (Lipinski definition) is 1. The molecule has 1 nitrogen and oxygen atoms in total. The van der Waals surface area contributed by atoms with Gasteiger partial charge in [0.15, 0.2) is 0 Å². The van der Waals surface area contributed by atoms with E-state index in [1.807, 2.05) is 5.41 Å². The van der Waals surface area contributed by atoms with Gasteiger partial charge in [0.1, 0.15) is 0 Å². The molecule has 0 radical (unpaired) electrons. The van der Waals surface area contributed by atoms with Gasteiger partial charge in [0.25, 0.3) is 0 Å². The van der Waals surface area contributed by atoms with Crippen molar-refractivity contribution in [3.8, 4) is 0 Å². The smallest absolute Gasteiger partial charge is 0.0226 e. The van der Waals surface area contributed by atoms with Crippen LogP contribution in [0.5, 0.6) is 0 Å². The second-order valence-electron chi connectivity index (χ2n) is 3.53. The van der Waals surface area contributed by atoms with E-state index in [1.165, 1.54) is 11.1 Å². The van der Waals surface area contributed by atoms with Gasteiger partial charge in [-0.25, -0.2) is 0 Å². The molecule has 0 spiro atoms. The van der Waals surface area contributed by atoms with E-state index in [1.54, 1.807) is 11.8 Å². The van der Waals surface area contributed by atoms with Crippen LogP contribution >= 0.6 is 11.8 Å². The fourth-order valence-electron chi connectivity index (χ4n) is 1.20. The summed E-state index contributed by atoms with van der Waals surface area (Å²) >= 11 is 1.77. The second kappa shape index (κ2) is 6.57. The maximum absolute atomic E-state index is 5.72. The first kappa shape index (κ1) is 12.2. The minimum absolute atomic E-state index is 0.932. The lowest BCUT2D eigenvalue weighted by Crippen LogP contribution is -1.92. The fourth-order valence-corrected chi connectivity index (χ4v) is 2.05. The quantitative estimate of drug-likeness (QED) is 0.820. The number of aryl methyl sites for hydroxylation is 1. The third-order valence-electron chi connectivity index (χ3n) is 2.32. The summed E-state index contributed by atoms with van der Waals surface area (Å²) in [6.45, 7) is 4.25. The molecule has 0 amide bonds. The summed E-state index contributed by atoms with van der Waals surface area (Å²) in [6, 6.07) is 8.79. The fraction of sp³-hybridized carbons (Fsp3) is 0.385. The van der Waals surface area contributed by atoms with Crippen LogP contribution in [-0.2, 0) is 12.2 Å². The summed E-state index contributed by atoms with van der Waals surface area (Å²) in [5.41, 5.74) is 9.44. The van der Waals surface area contributed by atoms with Gasteiger partial charge in [0, 0.05) is 11.4 Å². The maximum atomic E-state index is 5.72. The van der Waals surface area contributed by atoms with Gasteiger partial charge in [-0.3, -0.25) is 0 Å². The molecule has 0 aromatic heterocycles. The Morgan fingerprint density at radius 2 is 1.80 bits per heavy atom. The summed E-state index contributed by atoms with van der Waals surface area (Å²) < 4.78 is 0. The normalized spacial score (nSPS) is 11.7. The highest BCUT2D eigenvalue weighted by molar-refractivity contribution is 8.01. The molecule has 0 saturated heterocycles. The Morgan fingerprint density at radius 1 is 1.20 bits per heavy atom. The van der Waals surface area contributed by atoms with Crippen LogP contribution in [0.1, 0.15) is 31.4 Å². The van der Waals surface area contributed by atoms with E-state index in [-0.39, 0.29) is 0 Å². The van der Waals surface area contributed by atoms with Crippen molar-refractivity contribution in [3.05, 3.63) is 46.5 Å². The molecule has 15 heavy (non-hydrogen) atoms. The molecule has 1 rings (SSSR count). The van der Waals surface area contributed by atoms with E-state index in [9.17, 15) is 0 Å². The lowest BCUT2D eigenvalue weighted by atomic mass is 10.1. The van der Waals surface area contributed by atoms with Gasteiger partial charge in [-0.05, 0) is 29.4 Å². The van der Waals surface area contributed by atoms with Crippen LogP contribution in [0, 0.1) is 0 Å². The van der Waals surface area contributed by atoms with Crippen LogP contribution < -0.4 is 5.73 Å². The average molecular weight is 221 g/mol. The summed E-state index contributed by atoms with van der Waals surface area (Å²) in [5.74, 6) is 1.00. The van der Waals surface area contributed by atoms with Crippen LogP contribution in [0.3, 0.4) is 0 Å². The lowest BCUT2D eigenvalue weighted by Gasteiger charge is -2.01. The van der Waals surface area contributed by atoms with E-state index in [0.717, 1.165) is 24.3 Å². The van der Waals surface area contributed by atoms with Crippen molar-refractivity contribution in [3.63, 3.8) is 0 Å². The Hall–Kier alpha value is -0.890. The van der Waals surface area contributed by atoms with Gasteiger partial charge in [-0.1, -0.05) is 38.1 Å². The van der Waals surface area contributed by atoms with E-state index >= 15 is 0 Å². The van der Waals surface area contributed by atoms with Crippen LogP contribution in [0.15, 0.2) is 35.4 Å². The molecular formula is C13H19NS. The first-order valence-corrected chi connectivity index (χ1v) is 6.45. The summed E-state index contributed by atoms with van der Waals surface area (Å²) in [6.07, 6.45) is 2.04. The van der Waals surface area contributed by atoms with Gasteiger partial charge >= 0.3 is 0 Å². The molecule has 1 aromatic rings. The van der Waals surface area contributed by atoms with Gasteiger partial charge < -0.3 is 5.73 Å². The van der Waals surface area contributed by atoms with E-state index in [2.05, 4.69) is 38.1 Å². The van der Waals surface area contributed by atoms with Gasteiger partial charge in [-0.15, -0.1) is 11.8 Å². The van der Waals surface area contributed by atoms with Crippen LogP contribution in [0.4, 0.5) is 0 Å². The zero-order valence-corrected chi connectivity index (χ0v) is 10.3. The maximum Gasteiger partial charge on any atom is 0.0226 e. The number of benzene rings is 1. The highest BCUT2D eigenvalue weighted by atomic mass is 32.2. The topological polar surface area (TPSA) is 26.0 Å². The monoisotopic (exact) mass is 221 g/mol. The number of hydrogen-bond acceptors (Lipinski definition) is 2. The van der Waals surface area contributed by atoms with Crippen molar-refractivity contribution in [2.45, 2.75) is 32.4 Å². The minimum Gasteiger partial charge on any atom is -0.402 e. The molecule has 0 saturated carbocycles. The van der Waals surface area contributed by atoms with Crippen molar-refractivity contribution in [1.82, 2.24) is 0 Å². The Labute approximate surface area is 96.8 Å². The van der Waals surface area contributed by atoms with E-state index in [4.69, 9.17) is 5.73 Å². The molecule has 82 valence electrons. The summed E-state index contributed by atoms with van der Waals surface area (Å²) in [4.78, 5) is 0. The van der Waals surface area contributed by atoms with Crippen molar-refractivity contribution in [1.29, 1.82) is 0 Å². The van der Waals surface area contributed by atoms with Crippen LogP contribution in [-0.4, -0.2) is 0 Å². The molecule has 0 bridgehead atoms. The number of nitrogens with two attached hydrogens (primary N) is 1. The molecular weight excluding hydrogens is 202 g/mol. The summed E-state index contributed by atoms with van der Waals surface area (Å²) in [7, 11) is 0. The molecule has 0 aliphatic heterocycles. The Bertz CT molecular complexity index is 314. The van der Waals surface area contributed by atoms with Crippen LogP contribution in [0.2, 0.25) is 0 Å². The second-order valence-corrected chi connectivity index (χ2v) is 4.39. The molecule has 0 aliphatic rings. The Kier molecular flexibility index (Phi) is 5.33. The zero-order chi connectivity index (χ0) is 11.1. The molecule has 0 heterocycles. The van der Waals surface area contributed by atoms with Crippen LogP contribution in [0.25, 0.3) is 0 Å². The number of allylic oxidation sites excluding steroid dienone is 1. The van der Waals surface area contributed by atoms with Gasteiger partial charge in [0.05, 0.1) is 0 Å². The van der Waals surface area contributed by atoms with E-state index < -0.39 is 0 Å². The molecule has 0 unspecified atom stereocenters. The van der Waals surface area contributed by atoms with E-state index in [0.29, 0.717) is 0 Å². The Balaban J connectivity index is 2.44. The SMILES string of the molecule is CC/C(N)=C/SCc1ccc(CC)cc1. The zero-order valence-electron chi connectivity index (χ0n) is 9.49. The van der Waals surface area contributed by atoms with Crippen molar-refractivity contribution < 1.29 is 0 Å². The standard InChI is InChI=1S/C13H19NS/c1-3-11-5-7-12(8-6-11)9-15-10-13(14)4-2/h5-8,10H,3-4,9,14H2,1-2H3/b13-10-. The van der Waals surface area contributed by atoms with Gasteiger partial charge in [-0.2, -0.15) is 0 Å². The highest BCUT2D eigenvalue weighted by Crippen LogP contribution is 2.15. The molecule has 2 heteroatoms. The lowest BCUT2D eigenvalue weighted by molar-refractivity contribution is 1.08. The van der Waals surface area contributed by atoms with Gasteiger partial charge in [0.2, 0.25) is 0 Å². The number of rotatable bonds is 5. The van der Waals surface area contributed by atoms with Crippen molar-refractivity contribution in [2.24, 2.45) is 5.73 Å². The van der Waals surface area contributed by atoms with Crippen molar-refractivity contribution in [2.75, 3.05) is 0 Å². The Morgan fingerprint density at radius 3 is 2.33 bits per heavy atom. The average Bonchev–Trinajstić information content (AvgIpc) is 2.29. The first-order valence-electron chi connectivity index (χ1n) is 5.40. The largest absolute Gasteiger partial charge is 0.402 e.